The van der Waals surface area contributed by atoms with Crippen LogP contribution in [0.15, 0.2) is 130 Å². The van der Waals surface area contributed by atoms with Crippen molar-refractivity contribution in [2.75, 3.05) is 27.4 Å². The van der Waals surface area contributed by atoms with Gasteiger partial charge in [-0.2, -0.15) is 0 Å². The standard InChI is InChI=1S/C43H46BN2O10PS/c1-28-23-40(46-25-29(2)41(47)45-42(46)48)55-37(28)27-53-57(49,58-35-13-9-6-10-14-35)56-36-24-39(44)54-38(36)26-52-43(30-11-7-5-8-12-30,31-15-19-33(50-3)20-16-31)32-17-21-34(51-4)22-18-32/h5-22,25,28,36-40H,23-24,26-27H2,1-4H3,(H,45,47,48)/t28-,36-,37-,38-,39-,40-,57?/m1/s1. The Hall–Kier alpha value is -4.40. The summed E-state index contributed by atoms with van der Waals surface area (Å²) in [5, 5.41) is 0. The van der Waals surface area contributed by atoms with E-state index in [1.165, 1.54) is 10.8 Å². The molecule has 2 aliphatic heterocycles. The minimum atomic E-state index is -4.00. The molecule has 15 heteroatoms. The van der Waals surface area contributed by atoms with Gasteiger partial charge in [-0.25, -0.2) is 9.36 Å². The summed E-state index contributed by atoms with van der Waals surface area (Å²) in [7, 11) is 9.66. The van der Waals surface area contributed by atoms with Crippen LogP contribution in [0.1, 0.15) is 48.2 Å². The first-order chi connectivity index (χ1) is 28.0. The maximum absolute atomic E-state index is 14.9. The molecular weight excluding hydrogens is 778 g/mol. The summed E-state index contributed by atoms with van der Waals surface area (Å²) in [6, 6.07) is 33.8. The molecule has 1 unspecified atom stereocenters. The van der Waals surface area contributed by atoms with Gasteiger partial charge in [0.2, 0.25) is 0 Å². The second kappa shape index (κ2) is 18.3. The molecule has 7 atom stereocenters. The molecule has 1 aromatic heterocycles. The number of hydrogen-bond acceptors (Lipinski definition) is 11. The quantitative estimate of drug-likeness (QED) is 0.0607. The van der Waals surface area contributed by atoms with Gasteiger partial charge in [-0.1, -0.05) is 79.7 Å². The molecule has 1 N–H and O–H groups in total. The van der Waals surface area contributed by atoms with E-state index >= 15 is 0 Å². The molecule has 0 spiro atoms. The number of aromatic amines is 1. The number of H-pyrrole nitrogens is 1. The molecule has 4 aromatic carbocycles. The maximum atomic E-state index is 14.9. The average Bonchev–Trinajstić information content (AvgIpc) is 3.79. The lowest BCUT2D eigenvalue weighted by molar-refractivity contribution is -0.0719. The van der Waals surface area contributed by atoms with Gasteiger partial charge < -0.3 is 23.7 Å². The van der Waals surface area contributed by atoms with Gasteiger partial charge in [0.25, 0.3) is 5.56 Å². The van der Waals surface area contributed by atoms with E-state index in [2.05, 4.69) is 4.98 Å². The van der Waals surface area contributed by atoms with Crippen LogP contribution in [0, 0.1) is 12.8 Å². The number of rotatable bonds is 16. The Bertz CT molecular complexity index is 2250. The monoisotopic (exact) mass is 824 g/mol. The van der Waals surface area contributed by atoms with Gasteiger partial charge in [0, 0.05) is 22.7 Å². The second-order valence-corrected chi connectivity index (χ2v) is 18.3. The highest BCUT2D eigenvalue weighted by Gasteiger charge is 2.45. The van der Waals surface area contributed by atoms with Gasteiger partial charge >= 0.3 is 12.5 Å². The molecule has 0 bridgehead atoms. The molecule has 302 valence electrons. The van der Waals surface area contributed by atoms with Gasteiger partial charge in [-0.15, -0.1) is 0 Å². The summed E-state index contributed by atoms with van der Waals surface area (Å²) in [5.74, 6) is 1.31. The molecule has 12 nitrogen and oxygen atoms in total. The van der Waals surface area contributed by atoms with Crippen molar-refractivity contribution in [2.45, 2.75) is 67.7 Å². The van der Waals surface area contributed by atoms with Gasteiger partial charge in [0.15, 0.2) is 0 Å². The van der Waals surface area contributed by atoms with E-state index < -0.39 is 54.2 Å². The molecule has 58 heavy (non-hydrogen) atoms. The Balaban J connectivity index is 1.16. The maximum Gasteiger partial charge on any atom is 0.394 e. The van der Waals surface area contributed by atoms with Crippen molar-refractivity contribution >= 4 is 26.0 Å². The van der Waals surface area contributed by atoms with E-state index in [-0.39, 0.29) is 25.6 Å². The van der Waals surface area contributed by atoms with E-state index in [0.717, 1.165) is 28.1 Å². The Morgan fingerprint density at radius 2 is 1.40 bits per heavy atom. The van der Waals surface area contributed by atoms with Crippen LogP contribution < -0.4 is 20.7 Å². The minimum absolute atomic E-state index is 0.000884. The third-order valence-electron chi connectivity index (χ3n) is 10.5. The number of nitrogens with one attached hydrogen (secondary N) is 1. The topological polar surface area (TPSA) is 137 Å². The molecule has 0 aliphatic carbocycles. The van der Waals surface area contributed by atoms with Crippen molar-refractivity contribution in [1.29, 1.82) is 0 Å². The summed E-state index contributed by atoms with van der Waals surface area (Å²) in [5.41, 5.74) is 0.763. The highest BCUT2D eigenvalue weighted by atomic mass is 32.7. The van der Waals surface area contributed by atoms with Crippen LogP contribution in [0.25, 0.3) is 0 Å². The van der Waals surface area contributed by atoms with Crippen LogP contribution in [0.4, 0.5) is 0 Å². The summed E-state index contributed by atoms with van der Waals surface area (Å²) >= 11 is 0.990. The zero-order valence-corrected chi connectivity index (χ0v) is 34.4. The van der Waals surface area contributed by atoms with Crippen molar-refractivity contribution in [3.8, 4) is 11.5 Å². The molecular formula is C43H46BN2O10PS. The van der Waals surface area contributed by atoms with Crippen LogP contribution in [0.5, 0.6) is 11.5 Å². The number of benzene rings is 4. The summed E-state index contributed by atoms with van der Waals surface area (Å²) < 4.78 is 59.7. The molecule has 2 aliphatic rings. The lowest BCUT2D eigenvalue weighted by Gasteiger charge is -2.37. The Kier molecular flexibility index (Phi) is 13.1. The highest BCUT2D eigenvalue weighted by Crippen LogP contribution is 2.65. The van der Waals surface area contributed by atoms with Gasteiger partial charge in [-0.05, 0) is 90.2 Å². The van der Waals surface area contributed by atoms with Crippen molar-refractivity contribution < 1.29 is 37.3 Å². The van der Waals surface area contributed by atoms with E-state index in [1.54, 1.807) is 21.1 Å². The smallest absolute Gasteiger partial charge is 0.394 e. The van der Waals surface area contributed by atoms with E-state index in [0.29, 0.717) is 28.4 Å². The Morgan fingerprint density at radius 1 is 0.810 bits per heavy atom. The number of methoxy groups -OCH3 is 2. The molecule has 0 saturated carbocycles. The number of hydrogen-bond donors (Lipinski definition) is 1. The first-order valence-electron chi connectivity index (χ1n) is 19.0. The zero-order chi connectivity index (χ0) is 40.9. The van der Waals surface area contributed by atoms with Gasteiger partial charge in [0.1, 0.15) is 37.3 Å². The van der Waals surface area contributed by atoms with E-state index in [9.17, 15) is 14.2 Å². The fourth-order valence-electron chi connectivity index (χ4n) is 7.35. The van der Waals surface area contributed by atoms with Crippen LogP contribution >= 0.6 is 18.2 Å². The number of nitrogens with zero attached hydrogens (tertiary/aromatic N) is 1. The molecule has 2 fully saturated rings. The van der Waals surface area contributed by atoms with Crippen molar-refractivity contribution in [1.82, 2.24) is 9.55 Å². The van der Waals surface area contributed by atoms with Crippen molar-refractivity contribution in [3.63, 3.8) is 0 Å². The molecule has 7 rings (SSSR count). The highest BCUT2D eigenvalue weighted by molar-refractivity contribution is 8.55. The fourth-order valence-corrected chi connectivity index (χ4v) is 10.9. The predicted molar refractivity (Wildman–Crippen MR) is 222 cm³/mol. The lowest BCUT2D eigenvalue weighted by Crippen LogP contribution is -2.38. The lowest BCUT2D eigenvalue weighted by atomic mass is 9.80. The molecule has 3 heterocycles. The van der Waals surface area contributed by atoms with Crippen LogP contribution in [-0.2, 0) is 33.4 Å². The molecule has 0 amide bonds. The number of aryl methyl sites for hydroxylation is 1. The second-order valence-electron chi connectivity index (χ2n) is 14.4. The largest absolute Gasteiger partial charge is 0.497 e. The van der Waals surface area contributed by atoms with Crippen LogP contribution in [0.2, 0.25) is 0 Å². The number of ether oxygens (including phenoxy) is 5. The normalized spacial score (nSPS) is 23.0. The fraction of sp³-hybridized carbons (Fsp3) is 0.349. The van der Waals surface area contributed by atoms with Crippen molar-refractivity contribution in [2.24, 2.45) is 5.92 Å². The van der Waals surface area contributed by atoms with Crippen LogP contribution in [0.3, 0.4) is 0 Å². The SMILES string of the molecule is [B][C@H]1C[C@@H](OP(=O)(OC[C@H]2O[C@@H](n3cc(C)c(=O)[nH]c3=O)C[C@H]2C)Sc2ccccc2)[C@@H](COC(c2ccccc2)(c2ccc(OC)cc2)c2ccc(OC)cc2)O1. The van der Waals surface area contributed by atoms with Gasteiger partial charge in [0.05, 0.1) is 39.6 Å². The molecule has 2 radical (unpaired) electrons. The molecule has 2 saturated heterocycles. The third-order valence-corrected chi connectivity index (χ3v) is 14.1. The summed E-state index contributed by atoms with van der Waals surface area (Å²) in [4.78, 5) is 27.7. The Morgan fingerprint density at radius 3 is 2.00 bits per heavy atom. The van der Waals surface area contributed by atoms with Gasteiger partial charge in [-0.3, -0.25) is 23.4 Å². The first-order valence-corrected chi connectivity index (χ1v) is 22.0. The molecule has 5 aromatic rings. The predicted octanol–water partition coefficient (Wildman–Crippen LogP) is 7.38. The van der Waals surface area contributed by atoms with Crippen molar-refractivity contribution in [3.05, 3.63) is 158 Å². The minimum Gasteiger partial charge on any atom is -0.497 e. The first kappa shape index (κ1) is 41.8. The van der Waals surface area contributed by atoms with E-state index in [4.69, 9.17) is 40.6 Å². The average molecular weight is 825 g/mol. The number of aromatic nitrogens is 2. The van der Waals surface area contributed by atoms with E-state index in [1.807, 2.05) is 116 Å². The third kappa shape index (κ3) is 9.24. The summed E-state index contributed by atoms with van der Waals surface area (Å²) in [6.45, 7) is -0.498. The Labute approximate surface area is 342 Å². The zero-order valence-electron chi connectivity index (χ0n) is 32.7. The summed E-state index contributed by atoms with van der Waals surface area (Å²) in [6.07, 6.45) is -0.502. The van der Waals surface area contributed by atoms with Crippen LogP contribution in [-0.4, -0.2) is 69.1 Å².